The number of fused-ring (bicyclic) bond motifs is 1. The molecule has 0 spiro atoms. The maximum absolute atomic E-state index is 12.5. The summed E-state index contributed by atoms with van der Waals surface area (Å²) < 4.78 is 6.71. The first kappa shape index (κ1) is 18.3. The molecule has 4 rings (SSSR count). The van der Waals surface area contributed by atoms with Crippen molar-refractivity contribution in [2.24, 2.45) is 0 Å². The first-order valence-electron chi connectivity index (χ1n) is 8.86. The minimum Gasteiger partial charge on any atom is -0.497 e. The molecule has 0 amide bonds. The number of hydrogen-bond donors (Lipinski definition) is 1. The van der Waals surface area contributed by atoms with Gasteiger partial charge in [0.15, 0.2) is 0 Å². The Morgan fingerprint density at radius 1 is 1.18 bits per heavy atom. The fourth-order valence-corrected chi connectivity index (χ4v) is 3.27. The molecule has 1 N–H and O–H groups in total. The van der Waals surface area contributed by atoms with Crippen LogP contribution in [0.25, 0.3) is 22.3 Å². The normalized spacial score (nSPS) is 12.3. The highest BCUT2D eigenvalue weighted by atomic mass is 35.5. The van der Waals surface area contributed by atoms with Gasteiger partial charge in [-0.05, 0) is 49.7 Å². The summed E-state index contributed by atoms with van der Waals surface area (Å²) >= 11 is 6.20. The number of aryl methyl sites for hydroxylation is 1. The number of H-pyrrole nitrogens is 1. The van der Waals surface area contributed by atoms with Crippen molar-refractivity contribution in [3.63, 3.8) is 0 Å². The number of rotatable bonds is 4. The Kier molecular flexibility index (Phi) is 4.65. The highest BCUT2D eigenvalue weighted by molar-refractivity contribution is 6.32. The molecule has 0 radical (unpaired) electrons. The molecule has 0 saturated heterocycles. The molecule has 0 bridgehead atoms. The van der Waals surface area contributed by atoms with Crippen LogP contribution in [0.1, 0.15) is 24.4 Å². The zero-order valence-corrected chi connectivity index (χ0v) is 16.5. The van der Waals surface area contributed by atoms with Gasteiger partial charge in [0, 0.05) is 16.7 Å². The summed E-state index contributed by atoms with van der Waals surface area (Å²) in [6.07, 6.45) is 0. The molecule has 0 aliphatic heterocycles. The van der Waals surface area contributed by atoms with E-state index in [1.54, 1.807) is 13.2 Å². The Hall–Kier alpha value is -3.12. The van der Waals surface area contributed by atoms with Crippen LogP contribution >= 0.6 is 11.6 Å². The summed E-state index contributed by atoms with van der Waals surface area (Å²) in [5.74, 6) is 1.38. The second-order valence-electron chi connectivity index (χ2n) is 6.65. The van der Waals surface area contributed by atoms with Crippen LogP contribution in [0.2, 0.25) is 5.02 Å². The minimum atomic E-state index is -0.371. The van der Waals surface area contributed by atoms with Crippen molar-refractivity contribution in [1.82, 2.24) is 19.7 Å². The zero-order valence-electron chi connectivity index (χ0n) is 15.7. The quantitative estimate of drug-likeness (QED) is 0.558. The van der Waals surface area contributed by atoms with Crippen molar-refractivity contribution in [3.8, 4) is 17.0 Å². The fraction of sp³-hybridized carbons (Fsp3) is 0.190. The van der Waals surface area contributed by atoms with Gasteiger partial charge in [0.25, 0.3) is 5.56 Å². The van der Waals surface area contributed by atoms with Crippen LogP contribution in [0.15, 0.2) is 53.3 Å². The predicted octanol–water partition coefficient (Wildman–Crippen LogP) is 4.37. The first-order valence-corrected chi connectivity index (χ1v) is 9.24. The van der Waals surface area contributed by atoms with Gasteiger partial charge in [0.1, 0.15) is 17.6 Å². The van der Waals surface area contributed by atoms with Gasteiger partial charge in [-0.1, -0.05) is 23.7 Å². The third-order valence-electron chi connectivity index (χ3n) is 4.73. The number of nitrogens with one attached hydrogen (secondary N) is 1. The number of nitrogens with zero attached hydrogens (tertiary/aromatic N) is 3. The van der Waals surface area contributed by atoms with E-state index in [0.29, 0.717) is 16.5 Å². The molecule has 0 saturated carbocycles. The Bertz CT molecular complexity index is 1190. The molecular weight excluding hydrogens is 376 g/mol. The van der Waals surface area contributed by atoms with Gasteiger partial charge in [-0.25, -0.2) is 9.67 Å². The van der Waals surface area contributed by atoms with Crippen LogP contribution in [0, 0.1) is 6.92 Å². The highest BCUT2D eigenvalue weighted by Crippen LogP contribution is 2.25. The standard InChI is InChI=1S/C21H19ClN4O2/c1-12-9-18-19(11-16(12)22)24-21(23-18)13(2)26-20(27)8-7-17(25-26)14-5-4-6-15(10-14)28-3/h4-11,13H,1-3H3,(H,23,24). The number of halogens is 1. The minimum absolute atomic E-state index is 0.200. The zero-order chi connectivity index (χ0) is 19.8. The van der Waals surface area contributed by atoms with Crippen molar-refractivity contribution in [2.75, 3.05) is 7.11 Å². The lowest BCUT2D eigenvalue weighted by Gasteiger charge is -2.13. The Morgan fingerprint density at radius 3 is 2.79 bits per heavy atom. The number of imidazole rings is 1. The Morgan fingerprint density at radius 2 is 2.00 bits per heavy atom. The summed E-state index contributed by atoms with van der Waals surface area (Å²) in [5.41, 5.74) is 3.95. The van der Waals surface area contributed by atoms with Gasteiger partial charge in [-0.3, -0.25) is 4.79 Å². The summed E-state index contributed by atoms with van der Waals surface area (Å²) in [4.78, 5) is 20.4. The molecule has 2 aromatic carbocycles. The lowest BCUT2D eigenvalue weighted by Crippen LogP contribution is -2.26. The molecule has 7 heteroatoms. The average Bonchev–Trinajstić information content (AvgIpc) is 3.11. The molecule has 0 aliphatic rings. The molecule has 0 aliphatic carbocycles. The third kappa shape index (κ3) is 3.27. The Balaban J connectivity index is 1.77. The van der Waals surface area contributed by atoms with Crippen molar-refractivity contribution >= 4 is 22.6 Å². The molecule has 4 aromatic rings. The number of hydrogen-bond acceptors (Lipinski definition) is 4. The Labute approximate surface area is 166 Å². The molecule has 1 unspecified atom stereocenters. The van der Waals surface area contributed by atoms with Crippen LogP contribution in [0.3, 0.4) is 0 Å². The van der Waals surface area contributed by atoms with Crippen LogP contribution in [0.5, 0.6) is 5.75 Å². The molecule has 6 nitrogen and oxygen atoms in total. The van der Waals surface area contributed by atoms with Crippen molar-refractivity contribution in [1.29, 1.82) is 0 Å². The SMILES string of the molecule is COc1cccc(-c2ccc(=O)n(C(C)c3nc4cc(Cl)c(C)cc4[nH]3)n2)c1. The molecular formula is C21H19ClN4O2. The van der Waals surface area contributed by atoms with E-state index < -0.39 is 0 Å². The lowest BCUT2D eigenvalue weighted by molar-refractivity contribution is 0.415. The van der Waals surface area contributed by atoms with Crippen LogP contribution < -0.4 is 10.3 Å². The van der Waals surface area contributed by atoms with Crippen LogP contribution in [0.4, 0.5) is 0 Å². The van der Waals surface area contributed by atoms with Gasteiger partial charge in [-0.15, -0.1) is 0 Å². The van der Waals surface area contributed by atoms with E-state index in [2.05, 4.69) is 15.1 Å². The fourth-order valence-electron chi connectivity index (χ4n) is 3.11. The monoisotopic (exact) mass is 394 g/mol. The van der Waals surface area contributed by atoms with Crippen molar-refractivity contribution in [3.05, 3.63) is 75.3 Å². The van der Waals surface area contributed by atoms with Gasteiger partial charge >= 0.3 is 0 Å². The first-order chi connectivity index (χ1) is 13.5. The largest absolute Gasteiger partial charge is 0.497 e. The topological polar surface area (TPSA) is 72.8 Å². The molecule has 28 heavy (non-hydrogen) atoms. The van der Waals surface area contributed by atoms with E-state index in [-0.39, 0.29) is 11.6 Å². The molecule has 142 valence electrons. The van der Waals surface area contributed by atoms with E-state index in [1.807, 2.05) is 50.2 Å². The van der Waals surface area contributed by atoms with Crippen molar-refractivity contribution in [2.45, 2.75) is 19.9 Å². The molecule has 2 heterocycles. The summed E-state index contributed by atoms with van der Waals surface area (Å²) in [6.45, 7) is 3.82. The summed E-state index contributed by atoms with van der Waals surface area (Å²) in [5, 5.41) is 5.22. The van der Waals surface area contributed by atoms with Crippen LogP contribution in [-0.2, 0) is 0 Å². The predicted molar refractivity (Wildman–Crippen MR) is 110 cm³/mol. The van der Waals surface area contributed by atoms with Gasteiger partial charge in [0.05, 0.1) is 23.8 Å². The number of aromatic amines is 1. The van der Waals surface area contributed by atoms with E-state index in [4.69, 9.17) is 16.3 Å². The maximum Gasteiger partial charge on any atom is 0.267 e. The van der Waals surface area contributed by atoms with Gasteiger partial charge in [-0.2, -0.15) is 5.10 Å². The molecule has 1 atom stereocenters. The van der Waals surface area contributed by atoms with Gasteiger partial charge in [0.2, 0.25) is 0 Å². The number of benzene rings is 2. The number of methoxy groups -OCH3 is 1. The molecule has 0 fully saturated rings. The average molecular weight is 395 g/mol. The second-order valence-corrected chi connectivity index (χ2v) is 7.06. The second kappa shape index (κ2) is 7.13. The highest BCUT2D eigenvalue weighted by Gasteiger charge is 2.17. The van der Waals surface area contributed by atoms with Crippen LogP contribution in [-0.4, -0.2) is 26.9 Å². The van der Waals surface area contributed by atoms with E-state index in [1.165, 1.54) is 10.7 Å². The van der Waals surface area contributed by atoms with E-state index >= 15 is 0 Å². The number of ether oxygens (including phenoxy) is 1. The van der Waals surface area contributed by atoms with E-state index in [9.17, 15) is 4.79 Å². The van der Waals surface area contributed by atoms with E-state index in [0.717, 1.165) is 27.9 Å². The van der Waals surface area contributed by atoms with Gasteiger partial charge < -0.3 is 9.72 Å². The number of aromatic nitrogens is 4. The lowest BCUT2D eigenvalue weighted by atomic mass is 10.1. The maximum atomic E-state index is 12.5. The smallest absolute Gasteiger partial charge is 0.267 e. The third-order valence-corrected chi connectivity index (χ3v) is 5.14. The van der Waals surface area contributed by atoms with Crippen molar-refractivity contribution < 1.29 is 4.74 Å². The summed E-state index contributed by atoms with van der Waals surface area (Å²) in [6, 6.07) is 14.2. The molecule has 2 aromatic heterocycles. The summed E-state index contributed by atoms with van der Waals surface area (Å²) in [7, 11) is 1.62.